The number of piperidine rings is 1. The van der Waals surface area contributed by atoms with Gasteiger partial charge in [0.2, 0.25) is 5.91 Å². The molecule has 2 aliphatic rings. The summed E-state index contributed by atoms with van der Waals surface area (Å²) in [7, 11) is 1.63. The fourth-order valence-electron chi connectivity index (χ4n) is 6.70. The van der Waals surface area contributed by atoms with Gasteiger partial charge in [-0.1, -0.05) is 26.0 Å². The number of hydrogen-bond acceptors (Lipinski definition) is 5. The molecule has 1 fully saturated rings. The topological polar surface area (TPSA) is 76.0 Å². The molecule has 5 rings (SSSR count). The number of fused-ring (bicyclic) bond motifs is 3. The fourth-order valence-corrected chi connectivity index (χ4v) is 6.70. The van der Waals surface area contributed by atoms with Gasteiger partial charge in [-0.3, -0.25) is 9.59 Å². The fraction of sp³-hybridized carbons (Fsp3) is 0.529. The summed E-state index contributed by atoms with van der Waals surface area (Å²) in [5, 5.41) is 4.15. The third-order valence-corrected chi connectivity index (χ3v) is 8.64. The molecule has 226 valence electrons. The molecule has 0 unspecified atom stereocenters. The van der Waals surface area contributed by atoms with Crippen LogP contribution >= 0.6 is 0 Å². The van der Waals surface area contributed by atoms with E-state index >= 15 is 0 Å². The molecule has 8 heteroatoms. The Balaban J connectivity index is 1.38. The molecular weight excluding hydrogens is 528 g/mol. The number of methoxy groups -OCH3 is 1. The van der Waals surface area contributed by atoms with E-state index in [1.807, 2.05) is 73.9 Å². The minimum Gasteiger partial charge on any atom is -0.497 e. The van der Waals surface area contributed by atoms with Crippen LogP contribution in [0.1, 0.15) is 63.5 Å². The summed E-state index contributed by atoms with van der Waals surface area (Å²) in [5.74, 6) is 2.62. The van der Waals surface area contributed by atoms with Crippen LogP contribution in [0.15, 0.2) is 48.5 Å². The Morgan fingerprint density at radius 1 is 1.05 bits per heavy atom. The van der Waals surface area contributed by atoms with Crippen LogP contribution in [0.2, 0.25) is 0 Å². The number of likely N-dealkylation sites (tertiary alicyclic amines) is 1. The molecule has 3 heterocycles. The molecule has 0 aliphatic carbocycles. The van der Waals surface area contributed by atoms with E-state index in [4.69, 9.17) is 9.47 Å². The predicted octanol–water partition coefficient (Wildman–Crippen LogP) is 5.34. The summed E-state index contributed by atoms with van der Waals surface area (Å²) in [4.78, 5) is 32.4. The maximum absolute atomic E-state index is 14.1. The number of nitrogens with zero attached hydrogens (tertiary/aromatic N) is 3. The van der Waals surface area contributed by atoms with Gasteiger partial charge in [0.15, 0.2) is 0 Å². The smallest absolute Gasteiger partial charge is 0.271 e. The number of nitrogens with one attached hydrogen (secondary N) is 1. The minimum absolute atomic E-state index is 0.0776. The van der Waals surface area contributed by atoms with Crippen LogP contribution in [0.25, 0.3) is 10.9 Å². The van der Waals surface area contributed by atoms with Crippen molar-refractivity contribution in [1.82, 2.24) is 19.7 Å². The third-order valence-electron chi connectivity index (χ3n) is 8.64. The monoisotopic (exact) mass is 574 g/mol. The normalized spacial score (nSPS) is 22.8. The highest BCUT2D eigenvalue weighted by molar-refractivity contribution is 6.03. The van der Waals surface area contributed by atoms with E-state index in [9.17, 15) is 9.59 Å². The van der Waals surface area contributed by atoms with Gasteiger partial charge >= 0.3 is 0 Å². The summed E-state index contributed by atoms with van der Waals surface area (Å²) < 4.78 is 13.3. The first-order chi connectivity index (χ1) is 20.1. The van der Waals surface area contributed by atoms with Crippen LogP contribution in [-0.4, -0.2) is 71.1 Å². The molecule has 0 spiro atoms. The number of ether oxygens (including phenoxy) is 2. The highest BCUT2D eigenvalue weighted by atomic mass is 16.5. The van der Waals surface area contributed by atoms with Gasteiger partial charge < -0.3 is 29.2 Å². The third kappa shape index (κ3) is 6.28. The van der Waals surface area contributed by atoms with Crippen LogP contribution in [0.4, 0.5) is 0 Å². The SMILES string of the molecule is COc1ccc2cc3n(c2c1)C[C@@](C)(C(=O)NCCCN1C[C@H](C)C[C@H](C)C1)N(Cc1ccc(OC(C)C)cc1)C3=O. The van der Waals surface area contributed by atoms with Crippen molar-refractivity contribution in [3.05, 3.63) is 59.8 Å². The van der Waals surface area contributed by atoms with Gasteiger partial charge in [-0.15, -0.1) is 0 Å². The molecule has 1 N–H and O–H groups in total. The molecule has 1 aromatic heterocycles. The van der Waals surface area contributed by atoms with Crippen LogP contribution in [-0.2, 0) is 17.9 Å². The molecule has 8 nitrogen and oxygen atoms in total. The molecule has 0 saturated carbocycles. The Labute approximate surface area is 249 Å². The first-order valence-corrected chi connectivity index (χ1v) is 15.3. The number of aromatic nitrogens is 1. The van der Waals surface area contributed by atoms with Crippen LogP contribution in [0, 0.1) is 11.8 Å². The van der Waals surface area contributed by atoms with Crippen LogP contribution in [0.3, 0.4) is 0 Å². The zero-order valence-electron chi connectivity index (χ0n) is 26.0. The molecular formula is C34H46N4O4. The minimum atomic E-state index is -1.08. The molecule has 1 saturated heterocycles. The van der Waals surface area contributed by atoms with Crippen molar-refractivity contribution in [3.63, 3.8) is 0 Å². The van der Waals surface area contributed by atoms with Gasteiger partial charge in [0.25, 0.3) is 5.91 Å². The van der Waals surface area contributed by atoms with Crippen molar-refractivity contribution in [2.24, 2.45) is 11.8 Å². The summed E-state index contributed by atoms with van der Waals surface area (Å²) in [6.45, 7) is 15.0. The second-order valence-electron chi connectivity index (χ2n) is 12.8. The Morgan fingerprint density at radius 2 is 1.74 bits per heavy atom. The zero-order chi connectivity index (χ0) is 30.0. The highest BCUT2D eigenvalue weighted by Crippen LogP contribution is 2.35. The standard InChI is InChI=1S/C34H46N4O4/c1-23(2)42-28-11-8-26(9-12-28)21-38-32(39)31-17-27-10-13-29(41-6)18-30(27)37(31)22-34(38,5)33(40)35-14-7-15-36-19-24(3)16-25(4)20-36/h8-13,17-18,23-25H,7,14-16,19-22H2,1-6H3,(H,35,40)/t24-,25+,34-/m0/s1. The lowest BCUT2D eigenvalue weighted by Crippen LogP contribution is -2.63. The lowest BCUT2D eigenvalue weighted by molar-refractivity contribution is -0.133. The van der Waals surface area contributed by atoms with Gasteiger partial charge in [-0.2, -0.15) is 0 Å². The number of carbonyl (C=O) groups excluding carboxylic acids is 2. The largest absolute Gasteiger partial charge is 0.497 e. The number of carbonyl (C=O) groups is 2. The Hall–Kier alpha value is -3.52. The maximum Gasteiger partial charge on any atom is 0.271 e. The van der Waals surface area contributed by atoms with E-state index in [1.54, 1.807) is 12.0 Å². The van der Waals surface area contributed by atoms with E-state index < -0.39 is 5.54 Å². The Kier molecular flexibility index (Phi) is 8.83. The molecule has 42 heavy (non-hydrogen) atoms. The number of hydrogen-bond donors (Lipinski definition) is 1. The van der Waals surface area contributed by atoms with Gasteiger partial charge in [0, 0.05) is 37.6 Å². The van der Waals surface area contributed by atoms with Crippen molar-refractivity contribution in [1.29, 1.82) is 0 Å². The molecule has 3 aromatic rings. The molecule has 0 radical (unpaired) electrons. The predicted molar refractivity (Wildman–Crippen MR) is 166 cm³/mol. The van der Waals surface area contributed by atoms with Gasteiger partial charge in [0.05, 0.1) is 25.3 Å². The molecule has 0 bridgehead atoms. The first kappa shape index (κ1) is 30.0. The van der Waals surface area contributed by atoms with Crippen molar-refractivity contribution >= 4 is 22.7 Å². The molecule has 2 aromatic carbocycles. The summed E-state index contributed by atoms with van der Waals surface area (Å²) >= 11 is 0. The summed E-state index contributed by atoms with van der Waals surface area (Å²) in [5.41, 5.74) is 1.33. The van der Waals surface area contributed by atoms with Gasteiger partial charge in [0.1, 0.15) is 22.7 Å². The summed E-state index contributed by atoms with van der Waals surface area (Å²) in [6.07, 6.45) is 2.24. The zero-order valence-corrected chi connectivity index (χ0v) is 26.0. The number of amides is 2. The van der Waals surface area contributed by atoms with Crippen molar-refractivity contribution in [3.8, 4) is 11.5 Å². The van der Waals surface area contributed by atoms with E-state index in [1.165, 1.54) is 6.42 Å². The van der Waals surface area contributed by atoms with Gasteiger partial charge in [-0.25, -0.2) is 0 Å². The van der Waals surface area contributed by atoms with E-state index in [-0.39, 0.29) is 17.9 Å². The second kappa shape index (κ2) is 12.4. The molecule has 3 atom stereocenters. The number of benzene rings is 2. The highest BCUT2D eigenvalue weighted by Gasteiger charge is 2.47. The van der Waals surface area contributed by atoms with Crippen molar-refractivity contribution < 1.29 is 19.1 Å². The van der Waals surface area contributed by atoms with Crippen molar-refractivity contribution in [2.75, 3.05) is 33.3 Å². The molecule has 2 amide bonds. The quantitative estimate of drug-likeness (QED) is 0.331. The second-order valence-corrected chi connectivity index (χ2v) is 12.8. The lowest BCUT2D eigenvalue weighted by atomic mass is 9.92. The first-order valence-electron chi connectivity index (χ1n) is 15.3. The van der Waals surface area contributed by atoms with Crippen LogP contribution < -0.4 is 14.8 Å². The lowest BCUT2D eigenvalue weighted by Gasteiger charge is -2.44. The Morgan fingerprint density at radius 3 is 2.40 bits per heavy atom. The number of rotatable bonds is 10. The van der Waals surface area contributed by atoms with E-state index in [0.717, 1.165) is 54.0 Å². The van der Waals surface area contributed by atoms with E-state index in [2.05, 4.69) is 24.1 Å². The summed E-state index contributed by atoms with van der Waals surface area (Å²) in [6, 6.07) is 15.5. The Bertz CT molecular complexity index is 1400. The van der Waals surface area contributed by atoms with Crippen LogP contribution in [0.5, 0.6) is 11.5 Å². The van der Waals surface area contributed by atoms with Gasteiger partial charge in [-0.05, 0) is 87.9 Å². The molecule has 2 aliphatic heterocycles. The average Bonchev–Trinajstić information content (AvgIpc) is 3.30. The van der Waals surface area contributed by atoms with Crippen molar-refractivity contribution in [2.45, 2.75) is 72.2 Å². The maximum atomic E-state index is 14.1. The van der Waals surface area contributed by atoms with E-state index in [0.29, 0.717) is 37.2 Å². The average molecular weight is 575 g/mol.